The summed E-state index contributed by atoms with van der Waals surface area (Å²) in [6.45, 7) is 4.19. The molecule has 17 heavy (non-hydrogen) atoms. The molecule has 0 fully saturated rings. The van der Waals surface area contributed by atoms with Crippen molar-refractivity contribution in [3.8, 4) is 0 Å². The fourth-order valence-corrected chi connectivity index (χ4v) is 2.54. The van der Waals surface area contributed by atoms with Gasteiger partial charge in [-0.15, -0.1) is 0 Å². The molecule has 0 aliphatic heterocycles. The van der Waals surface area contributed by atoms with E-state index in [4.69, 9.17) is 4.74 Å². The number of fused-ring (bicyclic) bond motifs is 1. The van der Waals surface area contributed by atoms with Crippen LogP contribution in [0.25, 0.3) is 0 Å². The van der Waals surface area contributed by atoms with Crippen molar-refractivity contribution in [2.75, 3.05) is 7.11 Å². The number of nitrogens with zero attached hydrogens (tertiary/aromatic N) is 1. The molecule has 0 amide bonds. The molecule has 3 heteroatoms. The number of hydrogen-bond acceptors (Lipinski definition) is 3. The normalized spacial score (nSPS) is 23.7. The summed E-state index contributed by atoms with van der Waals surface area (Å²) in [6.07, 6.45) is 2.63. The number of carbonyl (C=O) groups is 1. The van der Waals surface area contributed by atoms with E-state index in [2.05, 4.69) is 18.0 Å². The highest BCUT2D eigenvalue weighted by Crippen LogP contribution is 2.32. The summed E-state index contributed by atoms with van der Waals surface area (Å²) in [5.74, 6) is 0.346. The van der Waals surface area contributed by atoms with Crippen LogP contribution in [-0.4, -0.2) is 18.1 Å². The summed E-state index contributed by atoms with van der Waals surface area (Å²) in [4.78, 5) is 16.3. The lowest BCUT2D eigenvalue weighted by atomic mass is 9.97. The molecule has 2 rings (SSSR count). The highest BCUT2D eigenvalue weighted by atomic mass is 16.5. The first kappa shape index (κ1) is 12.1. The number of rotatable bonds is 1. The average Bonchev–Trinajstić information content (AvgIpc) is 2.48. The van der Waals surface area contributed by atoms with E-state index in [1.807, 2.05) is 13.0 Å². The number of aromatic nitrogens is 1. The Bertz CT molecular complexity index is 428. The Morgan fingerprint density at radius 3 is 2.88 bits per heavy atom. The van der Waals surface area contributed by atoms with Crippen LogP contribution < -0.4 is 0 Å². The molecule has 0 bridgehead atoms. The number of pyridine rings is 1. The fraction of sp³-hybridized carbons (Fsp3) is 0.571. The second-order valence-corrected chi connectivity index (χ2v) is 4.89. The topological polar surface area (TPSA) is 39.2 Å². The van der Waals surface area contributed by atoms with Gasteiger partial charge in [0.15, 0.2) is 0 Å². The van der Waals surface area contributed by atoms with Crippen molar-refractivity contribution in [3.63, 3.8) is 0 Å². The molecule has 1 aromatic heterocycles. The molecule has 0 saturated heterocycles. The van der Waals surface area contributed by atoms with Crippen LogP contribution in [0.3, 0.4) is 0 Å². The van der Waals surface area contributed by atoms with Gasteiger partial charge >= 0.3 is 5.97 Å². The van der Waals surface area contributed by atoms with Crippen LogP contribution in [0.2, 0.25) is 0 Å². The zero-order valence-corrected chi connectivity index (χ0v) is 10.7. The molecule has 0 aromatic carbocycles. The van der Waals surface area contributed by atoms with E-state index in [1.54, 1.807) is 0 Å². The molecule has 0 spiro atoms. The van der Waals surface area contributed by atoms with Crippen molar-refractivity contribution < 1.29 is 9.53 Å². The van der Waals surface area contributed by atoms with Crippen LogP contribution >= 0.6 is 0 Å². The molecule has 0 N–H and O–H groups in total. The maximum absolute atomic E-state index is 11.7. The minimum absolute atomic E-state index is 0.0296. The second kappa shape index (κ2) is 4.86. The van der Waals surface area contributed by atoms with Gasteiger partial charge in [-0.3, -0.25) is 9.78 Å². The molecule has 3 nitrogen and oxygen atoms in total. The van der Waals surface area contributed by atoms with Crippen molar-refractivity contribution in [1.82, 2.24) is 4.98 Å². The third kappa shape index (κ3) is 2.48. The summed E-state index contributed by atoms with van der Waals surface area (Å²) < 4.78 is 4.86. The van der Waals surface area contributed by atoms with Gasteiger partial charge in [-0.2, -0.15) is 0 Å². The molecule has 1 aliphatic rings. The molecular formula is C14H19NO2. The van der Waals surface area contributed by atoms with Gasteiger partial charge in [-0.25, -0.2) is 0 Å². The van der Waals surface area contributed by atoms with Gasteiger partial charge in [-0.05, 0) is 37.3 Å². The minimum Gasteiger partial charge on any atom is -0.469 e. The SMILES string of the molecule is COC(=O)[C@@H]1CC[C@@H](C)c2ccc(C)nc2C1. The van der Waals surface area contributed by atoms with Crippen LogP contribution in [0.15, 0.2) is 12.1 Å². The molecule has 1 aromatic rings. The van der Waals surface area contributed by atoms with Gasteiger partial charge in [0, 0.05) is 17.8 Å². The smallest absolute Gasteiger partial charge is 0.309 e. The first-order chi connectivity index (χ1) is 8.11. The third-order valence-corrected chi connectivity index (χ3v) is 3.60. The maximum atomic E-state index is 11.7. The number of carbonyl (C=O) groups excluding carboxylic acids is 1. The minimum atomic E-state index is -0.103. The van der Waals surface area contributed by atoms with Gasteiger partial charge in [0.05, 0.1) is 13.0 Å². The van der Waals surface area contributed by atoms with Crippen molar-refractivity contribution >= 4 is 5.97 Å². The van der Waals surface area contributed by atoms with Crippen LogP contribution in [0.1, 0.15) is 42.6 Å². The fourth-order valence-electron chi connectivity index (χ4n) is 2.54. The largest absolute Gasteiger partial charge is 0.469 e. The molecular weight excluding hydrogens is 214 g/mol. The number of aryl methyl sites for hydroxylation is 1. The second-order valence-electron chi connectivity index (χ2n) is 4.89. The van der Waals surface area contributed by atoms with Gasteiger partial charge in [0.2, 0.25) is 0 Å². The Morgan fingerprint density at radius 1 is 1.41 bits per heavy atom. The molecule has 2 atom stereocenters. The Morgan fingerprint density at radius 2 is 2.18 bits per heavy atom. The number of methoxy groups -OCH3 is 1. The Balaban J connectivity index is 2.33. The van der Waals surface area contributed by atoms with Crippen LogP contribution in [0, 0.1) is 12.8 Å². The van der Waals surface area contributed by atoms with Crippen molar-refractivity contribution in [3.05, 3.63) is 29.1 Å². The van der Waals surface area contributed by atoms with Gasteiger partial charge in [0.1, 0.15) is 0 Å². The molecule has 1 aliphatic carbocycles. The first-order valence-electron chi connectivity index (χ1n) is 6.16. The van der Waals surface area contributed by atoms with E-state index >= 15 is 0 Å². The van der Waals surface area contributed by atoms with E-state index in [0.29, 0.717) is 12.3 Å². The van der Waals surface area contributed by atoms with E-state index < -0.39 is 0 Å². The third-order valence-electron chi connectivity index (χ3n) is 3.60. The lowest BCUT2D eigenvalue weighted by Gasteiger charge is -2.12. The molecule has 0 unspecified atom stereocenters. The highest BCUT2D eigenvalue weighted by molar-refractivity contribution is 5.72. The standard InChI is InChI=1S/C14H19NO2/c1-9-4-6-11(14(16)17-3)8-13-12(9)7-5-10(2)15-13/h5,7,9,11H,4,6,8H2,1-3H3/t9-,11-/m1/s1. The summed E-state index contributed by atoms with van der Waals surface area (Å²) in [6, 6.07) is 4.20. The molecule has 0 saturated carbocycles. The summed E-state index contributed by atoms with van der Waals surface area (Å²) in [5.41, 5.74) is 3.38. The van der Waals surface area contributed by atoms with Crippen LogP contribution in [-0.2, 0) is 16.0 Å². The van der Waals surface area contributed by atoms with Crippen molar-refractivity contribution in [2.45, 2.75) is 39.0 Å². The predicted octanol–water partition coefficient (Wildman–Crippen LogP) is 2.62. The van der Waals surface area contributed by atoms with E-state index in [1.165, 1.54) is 12.7 Å². The molecule has 0 radical (unpaired) electrons. The Hall–Kier alpha value is -1.38. The lowest BCUT2D eigenvalue weighted by Crippen LogP contribution is -2.18. The Labute approximate surface area is 102 Å². The van der Waals surface area contributed by atoms with E-state index in [-0.39, 0.29) is 11.9 Å². The maximum Gasteiger partial charge on any atom is 0.309 e. The quantitative estimate of drug-likeness (QED) is 0.553. The number of esters is 1. The molecule has 92 valence electrons. The number of hydrogen-bond donors (Lipinski definition) is 0. The van der Waals surface area contributed by atoms with E-state index in [0.717, 1.165) is 24.2 Å². The summed E-state index contributed by atoms with van der Waals surface area (Å²) in [7, 11) is 1.46. The van der Waals surface area contributed by atoms with Crippen molar-refractivity contribution in [1.29, 1.82) is 0 Å². The Kier molecular flexibility index (Phi) is 3.46. The van der Waals surface area contributed by atoms with Gasteiger partial charge in [-0.1, -0.05) is 13.0 Å². The zero-order valence-electron chi connectivity index (χ0n) is 10.7. The lowest BCUT2D eigenvalue weighted by molar-refractivity contribution is -0.145. The summed E-state index contributed by atoms with van der Waals surface area (Å²) >= 11 is 0. The average molecular weight is 233 g/mol. The van der Waals surface area contributed by atoms with Crippen molar-refractivity contribution in [2.24, 2.45) is 5.92 Å². The van der Waals surface area contributed by atoms with Gasteiger partial charge < -0.3 is 4.74 Å². The molecule has 1 heterocycles. The summed E-state index contributed by atoms with van der Waals surface area (Å²) in [5, 5.41) is 0. The highest BCUT2D eigenvalue weighted by Gasteiger charge is 2.27. The predicted molar refractivity (Wildman–Crippen MR) is 65.8 cm³/mol. The van der Waals surface area contributed by atoms with Crippen LogP contribution in [0.5, 0.6) is 0 Å². The first-order valence-corrected chi connectivity index (χ1v) is 6.16. The zero-order chi connectivity index (χ0) is 12.4. The van der Waals surface area contributed by atoms with Crippen LogP contribution in [0.4, 0.5) is 0 Å². The van der Waals surface area contributed by atoms with E-state index in [9.17, 15) is 4.79 Å². The van der Waals surface area contributed by atoms with Gasteiger partial charge in [0.25, 0.3) is 0 Å². The number of ether oxygens (including phenoxy) is 1. The monoisotopic (exact) mass is 233 g/mol.